The number of fused-ring (bicyclic) bond motifs is 2. The summed E-state index contributed by atoms with van der Waals surface area (Å²) in [6.07, 6.45) is 3.79. The predicted octanol–water partition coefficient (Wildman–Crippen LogP) is 6.82. The number of anilines is 1. The number of likely N-dealkylation sites (tertiary alicyclic amines) is 1. The first-order chi connectivity index (χ1) is 20.3. The number of piperidine rings is 1. The summed E-state index contributed by atoms with van der Waals surface area (Å²) < 4.78 is 24.0. The van der Waals surface area contributed by atoms with Gasteiger partial charge in [-0.2, -0.15) is 0 Å². The van der Waals surface area contributed by atoms with Crippen molar-refractivity contribution in [1.82, 2.24) is 14.8 Å². The summed E-state index contributed by atoms with van der Waals surface area (Å²) in [5, 5.41) is 4.48. The lowest BCUT2D eigenvalue weighted by Crippen LogP contribution is -2.40. The summed E-state index contributed by atoms with van der Waals surface area (Å²) >= 11 is 1.58. The quantitative estimate of drug-likeness (QED) is 0.222. The topological polar surface area (TPSA) is 70.7 Å². The number of halogens is 1. The highest BCUT2D eigenvalue weighted by molar-refractivity contribution is 7.99. The van der Waals surface area contributed by atoms with Crippen molar-refractivity contribution < 1.29 is 18.4 Å². The van der Waals surface area contributed by atoms with E-state index < -0.39 is 0 Å². The van der Waals surface area contributed by atoms with Crippen molar-refractivity contribution in [3.8, 4) is 11.3 Å². The molecule has 1 aliphatic rings. The van der Waals surface area contributed by atoms with Crippen molar-refractivity contribution in [2.45, 2.75) is 18.8 Å². The van der Waals surface area contributed by atoms with Crippen molar-refractivity contribution in [2.24, 2.45) is 7.05 Å². The minimum absolute atomic E-state index is 0.0206. The van der Waals surface area contributed by atoms with Gasteiger partial charge in [-0.15, -0.1) is 0 Å². The molecule has 0 saturated carbocycles. The summed E-state index contributed by atoms with van der Waals surface area (Å²) in [4.78, 5) is 29.0. The Kier molecular flexibility index (Phi) is 7.45. The van der Waals surface area contributed by atoms with E-state index in [2.05, 4.69) is 9.62 Å². The molecule has 5 aromatic rings. The van der Waals surface area contributed by atoms with Gasteiger partial charge in [0.2, 0.25) is 0 Å². The van der Waals surface area contributed by atoms with Gasteiger partial charge >= 0.3 is 0 Å². The molecule has 2 amide bonds. The molecule has 1 N–H and O–H groups in total. The molecular weight excluding hydrogens is 551 g/mol. The number of aromatic nitrogens is 1. The van der Waals surface area contributed by atoms with E-state index in [0.717, 1.165) is 35.0 Å². The number of para-hydroxylation sites is 1. The van der Waals surface area contributed by atoms with E-state index in [1.54, 1.807) is 31.1 Å². The van der Waals surface area contributed by atoms with Gasteiger partial charge < -0.3 is 23.5 Å². The Labute approximate surface area is 248 Å². The zero-order valence-corrected chi connectivity index (χ0v) is 24.9. The van der Waals surface area contributed by atoms with Crippen LogP contribution in [0, 0.1) is 5.82 Å². The number of benzene rings is 3. The zero-order valence-electron chi connectivity index (χ0n) is 24.1. The molecule has 3 aromatic carbocycles. The molecule has 6 rings (SSSR count). The number of nitrogens with one attached hydrogen (secondary N) is 1. The smallest absolute Gasteiger partial charge is 0.270 e. The first-order valence-electron chi connectivity index (χ1n) is 14.0. The van der Waals surface area contributed by atoms with Crippen LogP contribution >= 0.6 is 11.9 Å². The van der Waals surface area contributed by atoms with E-state index >= 15 is 0 Å². The lowest BCUT2D eigenvalue weighted by molar-refractivity contribution is 0.0698. The van der Waals surface area contributed by atoms with Crippen LogP contribution in [0.5, 0.6) is 0 Å². The molecule has 0 spiro atoms. The van der Waals surface area contributed by atoms with Crippen LogP contribution in [0.3, 0.4) is 0 Å². The second-order valence-electron chi connectivity index (χ2n) is 10.7. The van der Waals surface area contributed by atoms with Crippen molar-refractivity contribution in [2.75, 3.05) is 37.7 Å². The van der Waals surface area contributed by atoms with E-state index in [-0.39, 0.29) is 23.5 Å². The number of furan rings is 1. The van der Waals surface area contributed by atoms with Gasteiger partial charge in [-0.25, -0.2) is 4.39 Å². The van der Waals surface area contributed by atoms with Crippen LogP contribution in [-0.4, -0.2) is 54.7 Å². The Bertz CT molecular complexity index is 1810. The van der Waals surface area contributed by atoms with Crippen LogP contribution in [-0.2, 0) is 7.05 Å². The minimum Gasteiger partial charge on any atom is -0.455 e. The molecule has 216 valence electrons. The second-order valence-corrected chi connectivity index (χ2v) is 11.6. The molecule has 1 saturated heterocycles. The average Bonchev–Trinajstić information content (AvgIpc) is 3.57. The first-order valence-corrected chi connectivity index (χ1v) is 15.2. The number of carbonyl (C=O) groups excluding carboxylic acids is 2. The third-order valence-corrected chi connectivity index (χ3v) is 9.07. The third-order valence-electron chi connectivity index (χ3n) is 8.33. The zero-order chi connectivity index (χ0) is 29.5. The van der Waals surface area contributed by atoms with Crippen LogP contribution in [0.1, 0.15) is 45.2 Å². The fourth-order valence-corrected chi connectivity index (χ4v) is 6.43. The lowest BCUT2D eigenvalue weighted by atomic mass is 9.88. The molecule has 3 heterocycles. The largest absolute Gasteiger partial charge is 0.455 e. The number of amides is 2. The SMILES string of the molecule is CNC(=O)c1c(-c2ccc(F)cc2)oc2cc(N(C)SC)c([C@@H]3CCCN(C(=O)c4cc5ccccc5n4C)C3)cc12. The number of rotatable bonds is 6. The molecule has 0 aliphatic carbocycles. The normalized spacial score (nSPS) is 15.4. The van der Waals surface area contributed by atoms with Gasteiger partial charge in [-0.05, 0) is 60.9 Å². The molecule has 7 nitrogen and oxygen atoms in total. The van der Waals surface area contributed by atoms with Crippen molar-refractivity contribution in [3.63, 3.8) is 0 Å². The van der Waals surface area contributed by atoms with E-state index in [0.29, 0.717) is 46.6 Å². The summed E-state index contributed by atoms with van der Waals surface area (Å²) in [6.45, 7) is 1.26. The van der Waals surface area contributed by atoms with Gasteiger partial charge in [0.15, 0.2) is 0 Å². The number of carbonyl (C=O) groups is 2. The average molecular weight is 585 g/mol. The molecule has 0 radical (unpaired) electrons. The molecule has 1 fully saturated rings. The minimum atomic E-state index is -0.359. The summed E-state index contributed by atoms with van der Waals surface area (Å²) in [6, 6.07) is 20.0. The maximum atomic E-state index is 13.8. The predicted molar refractivity (Wildman–Crippen MR) is 168 cm³/mol. The molecule has 2 aromatic heterocycles. The molecule has 0 unspecified atom stereocenters. The van der Waals surface area contributed by atoms with Gasteiger partial charge in [0.25, 0.3) is 11.8 Å². The Morgan fingerprint density at radius 3 is 2.57 bits per heavy atom. The number of hydrogen-bond donors (Lipinski definition) is 1. The first kappa shape index (κ1) is 27.9. The fraction of sp³-hybridized carbons (Fsp3) is 0.273. The van der Waals surface area contributed by atoms with Crippen molar-refractivity contribution in [1.29, 1.82) is 0 Å². The fourth-order valence-electron chi connectivity index (χ4n) is 6.07. The van der Waals surface area contributed by atoms with E-state index in [9.17, 15) is 14.0 Å². The van der Waals surface area contributed by atoms with Crippen LogP contribution in [0.25, 0.3) is 33.2 Å². The van der Waals surface area contributed by atoms with Crippen molar-refractivity contribution in [3.05, 3.63) is 89.4 Å². The van der Waals surface area contributed by atoms with Crippen LogP contribution in [0.15, 0.2) is 71.1 Å². The molecular formula is C33H33FN4O3S. The Balaban J connectivity index is 1.43. The Morgan fingerprint density at radius 1 is 1.10 bits per heavy atom. The van der Waals surface area contributed by atoms with Gasteiger partial charge in [0, 0.05) is 74.3 Å². The summed E-state index contributed by atoms with van der Waals surface area (Å²) in [5.74, 6) is -0.153. The van der Waals surface area contributed by atoms with Crippen LogP contribution in [0.2, 0.25) is 0 Å². The molecule has 1 atom stereocenters. The highest BCUT2D eigenvalue weighted by atomic mass is 32.2. The van der Waals surface area contributed by atoms with Crippen LogP contribution < -0.4 is 9.62 Å². The summed E-state index contributed by atoms with van der Waals surface area (Å²) in [7, 11) is 5.53. The van der Waals surface area contributed by atoms with Gasteiger partial charge in [0.05, 0.1) is 11.3 Å². The van der Waals surface area contributed by atoms with E-state index in [1.165, 1.54) is 12.1 Å². The highest BCUT2D eigenvalue weighted by Crippen LogP contribution is 2.42. The van der Waals surface area contributed by atoms with Gasteiger partial charge in [-0.3, -0.25) is 9.59 Å². The molecule has 1 aliphatic heterocycles. The van der Waals surface area contributed by atoms with Gasteiger partial charge in [-0.1, -0.05) is 30.1 Å². The standard InChI is InChI=1S/C33H33FN4O3S/c1-35-32(39)30-25-17-24(27(37(3)42-4)18-29(25)41-31(30)20-11-13-23(34)14-12-20)22-9-7-15-38(19-22)33(40)28-16-21-8-5-6-10-26(21)36(28)2/h5-6,8,10-14,16-18,22H,7,9,15,19H2,1-4H3,(H,35,39)/t22-/m1/s1. The number of aryl methyl sites for hydroxylation is 1. The summed E-state index contributed by atoms with van der Waals surface area (Å²) in [5.41, 5.74) is 5.35. The second kappa shape index (κ2) is 11.2. The Hall–Kier alpha value is -4.24. The number of hydrogen-bond acceptors (Lipinski definition) is 5. The van der Waals surface area contributed by atoms with E-state index in [4.69, 9.17) is 4.42 Å². The van der Waals surface area contributed by atoms with Crippen molar-refractivity contribution >= 4 is 51.3 Å². The highest BCUT2D eigenvalue weighted by Gasteiger charge is 2.31. The van der Waals surface area contributed by atoms with Gasteiger partial charge in [0.1, 0.15) is 22.9 Å². The van der Waals surface area contributed by atoms with E-state index in [1.807, 2.05) is 72.3 Å². The number of nitrogens with zero attached hydrogens (tertiary/aromatic N) is 3. The van der Waals surface area contributed by atoms with Crippen LogP contribution in [0.4, 0.5) is 10.1 Å². The molecule has 9 heteroatoms. The molecule has 0 bridgehead atoms. The Morgan fingerprint density at radius 2 is 1.86 bits per heavy atom. The maximum Gasteiger partial charge on any atom is 0.270 e. The third kappa shape index (κ3) is 4.81. The lowest BCUT2D eigenvalue weighted by Gasteiger charge is -2.35. The maximum absolute atomic E-state index is 13.8. The monoisotopic (exact) mass is 584 g/mol. The molecule has 42 heavy (non-hydrogen) atoms.